The Morgan fingerprint density at radius 3 is 2.88 bits per heavy atom. The van der Waals surface area contributed by atoms with Gasteiger partial charge in [0.1, 0.15) is 6.61 Å². The Morgan fingerprint density at radius 1 is 1.29 bits per heavy atom. The molecular formula is C18H25ClN2O2S. The predicted molar refractivity (Wildman–Crippen MR) is 102 cm³/mol. The van der Waals surface area contributed by atoms with E-state index in [0.29, 0.717) is 12.6 Å². The molecule has 0 bridgehead atoms. The van der Waals surface area contributed by atoms with E-state index >= 15 is 0 Å². The molecule has 0 unspecified atom stereocenters. The quantitative estimate of drug-likeness (QED) is 0.845. The Hall–Kier alpha value is -1.27. The third kappa shape index (κ3) is 5.11. The van der Waals surface area contributed by atoms with Crippen LogP contribution >= 0.6 is 23.7 Å². The maximum absolute atomic E-state index is 5.90. The molecular weight excluding hydrogens is 344 g/mol. The fraction of sp³-hybridized carbons (Fsp3) is 0.444. The summed E-state index contributed by atoms with van der Waals surface area (Å²) in [6, 6.07) is 10.9. The standard InChI is InChI=1S/C18H24N2O2S.ClH/c1-14-11-20(8-7-19-14)12-15-5-6-17(18(10-15)21-2)22-13-16-4-3-9-23-16;/h3-6,9-10,14,19H,7-8,11-13H2,1-2H3;1H/t14-;/m0./s1. The van der Waals surface area contributed by atoms with Crippen molar-refractivity contribution < 1.29 is 9.47 Å². The third-order valence-corrected chi connectivity index (χ3v) is 4.89. The zero-order valence-corrected chi connectivity index (χ0v) is 15.8. The maximum Gasteiger partial charge on any atom is 0.161 e. The monoisotopic (exact) mass is 368 g/mol. The first-order valence-electron chi connectivity index (χ1n) is 8.02. The lowest BCUT2D eigenvalue weighted by Crippen LogP contribution is -2.48. The van der Waals surface area contributed by atoms with Gasteiger partial charge in [0.25, 0.3) is 0 Å². The first kappa shape index (κ1) is 19.1. The summed E-state index contributed by atoms with van der Waals surface area (Å²) in [6.07, 6.45) is 0. The summed E-state index contributed by atoms with van der Waals surface area (Å²) in [5.74, 6) is 1.61. The smallest absolute Gasteiger partial charge is 0.161 e. The van der Waals surface area contributed by atoms with Crippen molar-refractivity contribution in [3.05, 3.63) is 46.2 Å². The molecule has 0 amide bonds. The molecule has 1 atom stereocenters. The van der Waals surface area contributed by atoms with Crippen molar-refractivity contribution in [2.45, 2.75) is 26.1 Å². The molecule has 1 aromatic carbocycles. The fourth-order valence-corrected chi connectivity index (χ4v) is 3.50. The number of benzene rings is 1. The van der Waals surface area contributed by atoms with Gasteiger partial charge in [0.15, 0.2) is 11.5 Å². The first-order chi connectivity index (χ1) is 11.2. The van der Waals surface area contributed by atoms with Crippen LogP contribution in [0.5, 0.6) is 11.5 Å². The molecule has 0 aliphatic carbocycles. The van der Waals surface area contributed by atoms with Crippen LogP contribution in [0.1, 0.15) is 17.4 Å². The van der Waals surface area contributed by atoms with E-state index in [2.05, 4.69) is 40.7 Å². The van der Waals surface area contributed by atoms with Crippen LogP contribution in [0.3, 0.4) is 0 Å². The Morgan fingerprint density at radius 2 is 2.17 bits per heavy atom. The topological polar surface area (TPSA) is 33.7 Å². The molecule has 0 radical (unpaired) electrons. The molecule has 1 aliphatic heterocycles. The SMILES string of the molecule is COc1cc(CN2CCN[C@@H](C)C2)ccc1OCc1cccs1.Cl. The van der Waals surface area contributed by atoms with Gasteiger partial charge >= 0.3 is 0 Å². The molecule has 1 N–H and O–H groups in total. The lowest BCUT2D eigenvalue weighted by atomic mass is 10.1. The molecule has 1 aliphatic rings. The van der Waals surface area contributed by atoms with Crippen LogP contribution in [-0.2, 0) is 13.2 Å². The van der Waals surface area contributed by atoms with Crippen LogP contribution in [0.25, 0.3) is 0 Å². The highest BCUT2D eigenvalue weighted by molar-refractivity contribution is 7.09. The number of nitrogens with zero attached hydrogens (tertiary/aromatic N) is 1. The molecule has 1 saturated heterocycles. The molecule has 132 valence electrons. The largest absolute Gasteiger partial charge is 0.493 e. The molecule has 24 heavy (non-hydrogen) atoms. The van der Waals surface area contributed by atoms with E-state index in [9.17, 15) is 0 Å². The van der Waals surface area contributed by atoms with Crippen LogP contribution in [0, 0.1) is 0 Å². The number of piperazine rings is 1. The highest BCUT2D eigenvalue weighted by Gasteiger charge is 2.16. The Labute approximate surface area is 154 Å². The summed E-state index contributed by atoms with van der Waals surface area (Å²) < 4.78 is 11.4. The first-order valence-corrected chi connectivity index (χ1v) is 8.90. The van der Waals surface area contributed by atoms with Gasteiger partial charge in [0.2, 0.25) is 0 Å². The van der Waals surface area contributed by atoms with Crippen molar-refractivity contribution in [2.24, 2.45) is 0 Å². The number of ether oxygens (including phenoxy) is 2. The lowest BCUT2D eigenvalue weighted by molar-refractivity contribution is 0.199. The maximum atomic E-state index is 5.90. The van der Waals surface area contributed by atoms with Crippen LogP contribution in [-0.4, -0.2) is 37.7 Å². The summed E-state index contributed by atoms with van der Waals surface area (Å²) >= 11 is 1.70. The average molecular weight is 369 g/mol. The summed E-state index contributed by atoms with van der Waals surface area (Å²) in [6.45, 7) is 6.99. The molecule has 0 saturated carbocycles. The lowest BCUT2D eigenvalue weighted by Gasteiger charge is -2.31. The fourth-order valence-electron chi connectivity index (χ4n) is 2.89. The van der Waals surface area contributed by atoms with Gasteiger partial charge in [-0.05, 0) is 36.1 Å². The van der Waals surface area contributed by atoms with Gasteiger partial charge in [-0.3, -0.25) is 4.90 Å². The van der Waals surface area contributed by atoms with Gasteiger partial charge in [-0.2, -0.15) is 0 Å². The second-order valence-electron chi connectivity index (χ2n) is 5.94. The van der Waals surface area contributed by atoms with E-state index in [4.69, 9.17) is 9.47 Å². The highest BCUT2D eigenvalue weighted by Crippen LogP contribution is 2.29. The van der Waals surface area contributed by atoms with Crippen molar-refractivity contribution in [3.8, 4) is 11.5 Å². The summed E-state index contributed by atoms with van der Waals surface area (Å²) in [5, 5.41) is 5.54. The Balaban J connectivity index is 0.00000208. The predicted octanol–water partition coefficient (Wildman–Crippen LogP) is 3.55. The number of rotatable bonds is 6. The van der Waals surface area contributed by atoms with Gasteiger partial charge < -0.3 is 14.8 Å². The van der Waals surface area contributed by atoms with E-state index in [-0.39, 0.29) is 12.4 Å². The van der Waals surface area contributed by atoms with Crippen LogP contribution in [0.15, 0.2) is 35.7 Å². The normalized spacial score (nSPS) is 18.0. The molecule has 1 aromatic heterocycles. The van der Waals surface area contributed by atoms with E-state index in [0.717, 1.165) is 37.7 Å². The number of hydrogen-bond donors (Lipinski definition) is 1. The highest BCUT2D eigenvalue weighted by atomic mass is 35.5. The zero-order valence-electron chi connectivity index (χ0n) is 14.2. The van der Waals surface area contributed by atoms with Crippen molar-refractivity contribution in [2.75, 3.05) is 26.7 Å². The van der Waals surface area contributed by atoms with Gasteiger partial charge in [0, 0.05) is 37.1 Å². The van der Waals surface area contributed by atoms with Gasteiger partial charge in [0.05, 0.1) is 7.11 Å². The van der Waals surface area contributed by atoms with Crippen LogP contribution in [0.2, 0.25) is 0 Å². The minimum atomic E-state index is 0. The van der Waals surface area contributed by atoms with Crippen LogP contribution in [0.4, 0.5) is 0 Å². The number of halogens is 1. The van der Waals surface area contributed by atoms with E-state index in [1.54, 1.807) is 18.4 Å². The minimum Gasteiger partial charge on any atom is -0.493 e. The van der Waals surface area contributed by atoms with E-state index in [1.165, 1.54) is 10.4 Å². The zero-order chi connectivity index (χ0) is 16.1. The van der Waals surface area contributed by atoms with Crippen molar-refractivity contribution in [1.29, 1.82) is 0 Å². The van der Waals surface area contributed by atoms with Gasteiger partial charge in [-0.25, -0.2) is 0 Å². The van der Waals surface area contributed by atoms with Gasteiger partial charge in [-0.1, -0.05) is 12.1 Å². The van der Waals surface area contributed by atoms with E-state index < -0.39 is 0 Å². The van der Waals surface area contributed by atoms with Crippen molar-refractivity contribution >= 4 is 23.7 Å². The molecule has 0 spiro atoms. The minimum absolute atomic E-state index is 0. The molecule has 1 fully saturated rings. The van der Waals surface area contributed by atoms with E-state index in [1.807, 2.05) is 12.1 Å². The Kier molecular flexibility index (Phi) is 7.37. The Bertz CT molecular complexity index is 621. The molecule has 4 nitrogen and oxygen atoms in total. The van der Waals surface area contributed by atoms with Gasteiger partial charge in [-0.15, -0.1) is 23.7 Å². The van der Waals surface area contributed by atoms with Crippen molar-refractivity contribution in [3.63, 3.8) is 0 Å². The third-order valence-electron chi connectivity index (χ3n) is 4.04. The second-order valence-corrected chi connectivity index (χ2v) is 6.98. The number of methoxy groups -OCH3 is 1. The van der Waals surface area contributed by atoms with Crippen LogP contribution < -0.4 is 14.8 Å². The van der Waals surface area contributed by atoms with Crippen molar-refractivity contribution in [1.82, 2.24) is 10.2 Å². The molecule has 2 aromatic rings. The number of thiophene rings is 1. The number of nitrogens with one attached hydrogen (secondary N) is 1. The summed E-state index contributed by atoms with van der Waals surface area (Å²) in [4.78, 5) is 3.69. The molecule has 6 heteroatoms. The number of hydrogen-bond acceptors (Lipinski definition) is 5. The molecule has 3 rings (SSSR count). The summed E-state index contributed by atoms with van der Waals surface area (Å²) in [5.41, 5.74) is 1.26. The second kappa shape index (κ2) is 9.28. The summed E-state index contributed by atoms with van der Waals surface area (Å²) in [7, 11) is 1.70. The molecule has 2 heterocycles. The average Bonchev–Trinajstić information content (AvgIpc) is 3.07.